The van der Waals surface area contributed by atoms with Crippen LogP contribution in [0.15, 0.2) is 11.6 Å². The molecule has 0 saturated carbocycles. The van der Waals surface area contributed by atoms with Crippen molar-refractivity contribution in [2.75, 3.05) is 44.2 Å². The topological polar surface area (TPSA) is 79.0 Å². The molecule has 2 aliphatic heterocycles. The molecule has 1 unspecified atom stereocenters. The van der Waals surface area contributed by atoms with E-state index in [1.165, 1.54) is 17.8 Å². The number of fused-ring (bicyclic) bond motifs is 1. The van der Waals surface area contributed by atoms with Crippen molar-refractivity contribution in [1.29, 1.82) is 0 Å². The van der Waals surface area contributed by atoms with Crippen LogP contribution in [0.3, 0.4) is 0 Å². The van der Waals surface area contributed by atoms with Gasteiger partial charge in [0, 0.05) is 44.1 Å². The summed E-state index contributed by atoms with van der Waals surface area (Å²) in [4.78, 5) is 20.8. The van der Waals surface area contributed by atoms with Crippen LogP contribution in [0, 0.1) is 10.1 Å². The molecule has 2 saturated heterocycles. The first-order valence-electron chi connectivity index (χ1n) is 7.53. The second kappa shape index (κ2) is 5.49. The molecule has 0 aliphatic carbocycles. The van der Waals surface area contributed by atoms with Gasteiger partial charge >= 0.3 is 5.82 Å². The smallest absolute Gasteiger partial charge is 0.358 e. The number of nitrogens with one attached hydrogen (secondary N) is 1. The third kappa shape index (κ3) is 2.25. The molecule has 118 valence electrons. The first-order valence-corrected chi connectivity index (χ1v) is 8.41. The molecule has 0 radical (unpaired) electrons. The summed E-state index contributed by atoms with van der Waals surface area (Å²) in [6, 6.07) is 0.614. The zero-order chi connectivity index (χ0) is 15.1. The minimum Gasteiger partial charge on any atom is -0.358 e. The molecule has 1 N–H and O–H groups in total. The number of thiazole rings is 1. The molecule has 4 heterocycles. The molecular weight excluding hydrogens is 304 g/mol. The Morgan fingerprint density at radius 2 is 2.18 bits per heavy atom. The molecule has 1 atom stereocenters. The van der Waals surface area contributed by atoms with Crippen molar-refractivity contribution >= 4 is 27.9 Å². The summed E-state index contributed by atoms with van der Waals surface area (Å²) in [6.45, 7) is 5.61. The summed E-state index contributed by atoms with van der Waals surface area (Å²) < 4.78 is 1.58. The Balaban J connectivity index is 1.54. The van der Waals surface area contributed by atoms with E-state index in [0.29, 0.717) is 16.8 Å². The monoisotopic (exact) mass is 322 g/mol. The van der Waals surface area contributed by atoms with Crippen molar-refractivity contribution in [2.45, 2.75) is 12.5 Å². The average Bonchev–Trinajstić information content (AvgIpc) is 3.23. The standard InChI is InChI=1S/C13H18N6O2S/c20-19(21)12-11(15-13-18(12)7-8-22-13)17-5-3-16(4-6-17)10-1-2-14-9-10/h7-8,10,14H,1-6,9H2. The lowest BCUT2D eigenvalue weighted by Gasteiger charge is -2.37. The molecule has 22 heavy (non-hydrogen) atoms. The summed E-state index contributed by atoms with van der Waals surface area (Å²) >= 11 is 1.43. The fraction of sp³-hybridized carbons (Fsp3) is 0.615. The van der Waals surface area contributed by atoms with E-state index in [1.807, 2.05) is 5.38 Å². The normalized spacial score (nSPS) is 23.5. The van der Waals surface area contributed by atoms with E-state index in [2.05, 4.69) is 20.1 Å². The molecular formula is C13H18N6O2S. The molecule has 2 fully saturated rings. The van der Waals surface area contributed by atoms with Gasteiger partial charge < -0.3 is 20.3 Å². The van der Waals surface area contributed by atoms with Crippen molar-refractivity contribution in [1.82, 2.24) is 19.6 Å². The minimum atomic E-state index is -0.324. The molecule has 2 aliphatic rings. The Labute approximate surface area is 131 Å². The van der Waals surface area contributed by atoms with Crippen molar-refractivity contribution in [3.8, 4) is 0 Å². The Morgan fingerprint density at radius 3 is 2.86 bits per heavy atom. The van der Waals surface area contributed by atoms with Gasteiger partial charge in [0.1, 0.15) is 6.20 Å². The lowest BCUT2D eigenvalue weighted by atomic mass is 10.2. The van der Waals surface area contributed by atoms with Crippen LogP contribution in [0.2, 0.25) is 0 Å². The molecule has 2 aromatic rings. The molecule has 0 spiro atoms. The van der Waals surface area contributed by atoms with Gasteiger partial charge in [-0.05, 0) is 17.9 Å². The average molecular weight is 322 g/mol. The Bertz CT molecular complexity index is 684. The first-order chi connectivity index (χ1) is 10.7. The summed E-state index contributed by atoms with van der Waals surface area (Å²) in [7, 11) is 0. The van der Waals surface area contributed by atoms with Gasteiger partial charge in [-0.2, -0.15) is 9.38 Å². The third-order valence-electron chi connectivity index (χ3n) is 4.56. The van der Waals surface area contributed by atoms with Gasteiger partial charge in [0.05, 0.1) is 0 Å². The molecule has 9 heteroatoms. The van der Waals surface area contributed by atoms with E-state index in [4.69, 9.17) is 0 Å². The first kappa shape index (κ1) is 13.9. The predicted molar refractivity (Wildman–Crippen MR) is 84.8 cm³/mol. The highest BCUT2D eigenvalue weighted by Crippen LogP contribution is 2.31. The molecule has 2 aromatic heterocycles. The van der Waals surface area contributed by atoms with Crippen LogP contribution in [0.5, 0.6) is 0 Å². The quantitative estimate of drug-likeness (QED) is 0.665. The largest absolute Gasteiger partial charge is 0.373 e. The van der Waals surface area contributed by atoms with Crippen molar-refractivity contribution in [2.24, 2.45) is 0 Å². The summed E-state index contributed by atoms with van der Waals surface area (Å²) in [5.74, 6) is 0.605. The molecule has 8 nitrogen and oxygen atoms in total. The lowest BCUT2D eigenvalue weighted by molar-refractivity contribution is -0.389. The van der Waals surface area contributed by atoms with Crippen molar-refractivity contribution in [3.05, 3.63) is 21.7 Å². The maximum Gasteiger partial charge on any atom is 0.373 e. The minimum absolute atomic E-state index is 0.0900. The van der Waals surface area contributed by atoms with Crippen molar-refractivity contribution < 1.29 is 4.92 Å². The molecule has 4 rings (SSSR count). The van der Waals surface area contributed by atoms with E-state index < -0.39 is 0 Å². The van der Waals surface area contributed by atoms with E-state index in [0.717, 1.165) is 39.3 Å². The number of hydrogen-bond acceptors (Lipinski definition) is 7. The van der Waals surface area contributed by atoms with Crippen LogP contribution in [0.4, 0.5) is 11.6 Å². The molecule has 0 aromatic carbocycles. The van der Waals surface area contributed by atoms with Crippen molar-refractivity contribution in [3.63, 3.8) is 0 Å². The maximum absolute atomic E-state index is 11.4. The van der Waals surface area contributed by atoms with Gasteiger partial charge in [0.25, 0.3) is 4.96 Å². The van der Waals surface area contributed by atoms with Gasteiger partial charge in [-0.15, -0.1) is 0 Å². The highest BCUT2D eigenvalue weighted by atomic mass is 32.1. The summed E-state index contributed by atoms with van der Waals surface area (Å²) in [5.41, 5.74) is 0. The number of hydrogen-bond donors (Lipinski definition) is 1. The van der Waals surface area contributed by atoms with Crippen LogP contribution in [-0.4, -0.2) is 64.5 Å². The molecule has 0 bridgehead atoms. The zero-order valence-electron chi connectivity index (χ0n) is 12.1. The highest BCUT2D eigenvalue weighted by molar-refractivity contribution is 7.15. The number of aromatic nitrogens is 2. The van der Waals surface area contributed by atoms with Gasteiger partial charge in [0.15, 0.2) is 0 Å². The predicted octanol–water partition coefficient (Wildman–Crippen LogP) is 0.788. The number of anilines is 1. The van der Waals surface area contributed by atoms with Gasteiger partial charge in [-0.3, -0.25) is 4.90 Å². The van der Waals surface area contributed by atoms with E-state index in [1.54, 1.807) is 10.6 Å². The number of nitro groups is 1. The number of nitrogens with zero attached hydrogens (tertiary/aromatic N) is 5. The second-order valence-electron chi connectivity index (χ2n) is 5.74. The van der Waals surface area contributed by atoms with Crippen LogP contribution >= 0.6 is 11.3 Å². The van der Waals surface area contributed by atoms with E-state index >= 15 is 0 Å². The number of piperazine rings is 1. The Hall–Kier alpha value is -1.71. The zero-order valence-corrected chi connectivity index (χ0v) is 13.0. The number of imidazole rings is 1. The van der Waals surface area contributed by atoms with Gasteiger partial charge in [0.2, 0.25) is 5.82 Å². The SMILES string of the molecule is O=[N+]([O-])c1c(N2CCN(C3CCNC3)CC2)nc2sccn12. The van der Waals surface area contributed by atoms with E-state index in [-0.39, 0.29) is 10.7 Å². The van der Waals surface area contributed by atoms with E-state index in [9.17, 15) is 10.1 Å². The summed E-state index contributed by atoms with van der Waals surface area (Å²) in [6.07, 6.45) is 2.91. The van der Waals surface area contributed by atoms with Crippen LogP contribution in [0.1, 0.15) is 6.42 Å². The molecule has 0 amide bonds. The third-order valence-corrected chi connectivity index (χ3v) is 5.31. The maximum atomic E-state index is 11.4. The fourth-order valence-corrected chi connectivity index (χ4v) is 4.10. The lowest BCUT2D eigenvalue weighted by Crippen LogP contribution is -2.51. The van der Waals surface area contributed by atoms with Crippen LogP contribution in [0.25, 0.3) is 4.96 Å². The Morgan fingerprint density at radius 1 is 1.36 bits per heavy atom. The van der Waals surface area contributed by atoms with Gasteiger partial charge in [-0.25, -0.2) is 0 Å². The van der Waals surface area contributed by atoms with Crippen LogP contribution in [-0.2, 0) is 0 Å². The summed E-state index contributed by atoms with van der Waals surface area (Å²) in [5, 5.41) is 16.6. The highest BCUT2D eigenvalue weighted by Gasteiger charge is 2.32. The number of rotatable bonds is 3. The van der Waals surface area contributed by atoms with Crippen LogP contribution < -0.4 is 10.2 Å². The van der Waals surface area contributed by atoms with Gasteiger partial charge in [-0.1, -0.05) is 11.3 Å². The fourth-order valence-electron chi connectivity index (χ4n) is 3.39. The Kier molecular flexibility index (Phi) is 3.47. The second-order valence-corrected chi connectivity index (χ2v) is 6.61.